The Hall–Kier alpha value is -3.26. The smallest absolute Gasteiger partial charge is 0.152 e. The zero-order valence-electron chi connectivity index (χ0n) is 12.9. The van der Waals surface area contributed by atoms with Crippen molar-refractivity contribution >= 4 is 43.7 Å². The van der Waals surface area contributed by atoms with Crippen molar-refractivity contribution in [2.45, 2.75) is 0 Å². The van der Waals surface area contributed by atoms with E-state index in [4.69, 9.17) is 4.42 Å². The van der Waals surface area contributed by atoms with Gasteiger partial charge in [-0.15, -0.1) is 0 Å². The van der Waals surface area contributed by atoms with Crippen LogP contribution in [0.2, 0.25) is 0 Å². The van der Waals surface area contributed by atoms with Crippen LogP contribution in [-0.2, 0) is 0 Å². The first-order valence-corrected chi connectivity index (χ1v) is 8.14. The van der Waals surface area contributed by atoms with Gasteiger partial charge in [0, 0.05) is 10.8 Å². The Bertz CT molecular complexity index is 1350. The van der Waals surface area contributed by atoms with E-state index in [-0.39, 0.29) is 0 Å². The molecule has 2 heterocycles. The Balaban J connectivity index is 2.11. The average molecular weight is 307 g/mol. The minimum absolute atomic E-state index is 0.901. The molecule has 2 aliphatic rings. The lowest BCUT2D eigenvalue weighted by Crippen LogP contribution is -2.04. The first-order chi connectivity index (χ1) is 11.9. The Labute approximate surface area is 137 Å². The lowest BCUT2D eigenvalue weighted by Gasteiger charge is -2.22. The molecular weight excluding hydrogens is 294 g/mol. The quantitative estimate of drug-likeness (QED) is 0.244. The number of rotatable bonds is 0. The standard InChI is InChI=1S/C22H13NO/c1-2-12-19-17(10-1)23-18-11-4-7-14-6-3-8-15(21(14)18)16-9-5-13-20(24-19)22(16)23/h1-13H. The summed E-state index contributed by atoms with van der Waals surface area (Å²) in [4.78, 5) is 0. The van der Waals surface area contributed by atoms with Crippen LogP contribution < -0.4 is 0 Å². The fraction of sp³-hybridized carbons (Fsp3) is 0. The van der Waals surface area contributed by atoms with Gasteiger partial charge in [0.15, 0.2) is 11.2 Å². The van der Waals surface area contributed by atoms with Gasteiger partial charge in [-0.3, -0.25) is 0 Å². The van der Waals surface area contributed by atoms with Gasteiger partial charge in [-0.2, -0.15) is 0 Å². The maximum absolute atomic E-state index is 6.19. The molecule has 2 nitrogen and oxygen atoms in total. The van der Waals surface area contributed by atoms with E-state index in [0.717, 1.165) is 22.4 Å². The maximum Gasteiger partial charge on any atom is 0.152 e. The Morgan fingerprint density at radius 2 is 1.29 bits per heavy atom. The molecule has 0 bridgehead atoms. The van der Waals surface area contributed by atoms with Gasteiger partial charge in [0.05, 0.1) is 16.7 Å². The van der Waals surface area contributed by atoms with E-state index in [1.807, 2.05) is 12.1 Å². The molecule has 0 atom stereocenters. The summed E-state index contributed by atoms with van der Waals surface area (Å²) in [5.41, 5.74) is 5.27. The number of hydrogen-bond donors (Lipinski definition) is 0. The van der Waals surface area contributed by atoms with Gasteiger partial charge in [0.2, 0.25) is 0 Å². The first-order valence-electron chi connectivity index (χ1n) is 8.14. The molecule has 0 amide bonds. The molecule has 0 saturated carbocycles. The van der Waals surface area contributed by atoms with E-state index < -0.39 is 0 Å². The van der Waals surface area contributed by atoms with Gasteiger partial charge in [0.25, 0.3) is 0 Å². The molecule has 0 fully saturated rings. The van der Waals surface area contributed by atoms with Gasteiger partial charge in [-0.25, -0.2) is 0 Å². The highest BCUT2D eigenvalue weighted by Crippen LogP contribution is 2.40. The predicted molar refractivity (Wildman–Crippen MR) is 99.2 cm³/mol. The summed E-state index contributed by atoms with van der Waals surface area (Å²) in [5.74, 6) is 0. The monoisotopic (exact) mass is 307 g/mol. The highest BCUT2D eigenvalue weighted by Gasteiger charge is 2.19. The second-order valence-electron chi connectivity index (χ2n) is 6.24. The molecule has 0 spiro atoms. The van der Waals surface area contributed by atoms with Crippen molar-refractivity contribution in [3.63, 3.8) is 0 Å². The largest absolute Gasteiger partial charge is 0.453 e. The van der Waals surface area contributed by atoms with E-state index in [2.05, 4.69) is 71.3 Å². The molecule has 2 heteroatoms. The third kappa shape index (κ3) is 1.36. The second kappa shape index (κ2) is 4.18. The number of para-hydroxylation sites is 3. The second-order valence-corrected chi connectivity index (χ2v) is 6.24. The molecule has 6 rings (SSSR count). The zero-order valence-corrected chi connectivity index (χ0v) is 12.9. The van der Waals surface area contributed by atoms with Crippen molar-refractivity contribution in [3.05, 3.63) is 78.9 Å². The minimum Gasteiger partial charge on any atom is -0.453 e. The lowest BCUT2D eigenvalue weighted by molar-refractivity contribution is 0.648. The van der Waals surface area contributed by atoms with Crippen LogP contribution in [0.4, 0.5) is 0 Å². The Morgan fingerprint density at radius 1 is 0.583 bits per heavy atom. The topological polar surface area (TPSA) is 18.1 Å². The Morgan fingerprint density at radius 3 is 2.25 bits per heavy atom. The van der Waals surface area contributed by atoms with Crippen molar-refractivity contribution in [1.82, 2.24) is 4.57 Å². The number of pyridine rings is 1. The van der Waals surface area contributed by atoms with E-state index in [0.29, 0.717) is 0 Å². The molecule has 0 N–H and O–H groups in total. The van der Waals surface area contributed by atoms with Gasteiger partial charge in [-0.1, -0.05) is 54.6 Å². The molecule has 4 aromatic carbocycles. The molecule has 0 aliphatic carbocycles. The third-order valence-electron chi connectivity index (χ3n) is 4.96. The number of nitrogens with zero attached hydrogens (tertiary/aromatic N) is 1. The SMILES string of the molecule is c1ccc2c(c1)oc1cccc3c1-n2c1cccc2cccc3c21. The van der Waals surface area contributed by atoms with Crippen molar-refractivity contribution < 1.29 is 4.42 Å². The van der Waals surface area contributed by atoms with Crippen LogP contribution in [0.1, 0.15) is 0 Å². The van der Waals surface area contributed by atoms with Crippen LogP contribution in [0, 0.1) is 0 Å². The summed E-state index contributed by atoms with van der Waals surface area (Å²) < 4.78 is 8.54. The number of fused-ring (bicyclic) bond motifs is 4. The minimum atomic E-state index is 0.901. The summed E-state index contributed by atoms with van der Waals surface area (Å²) in [5, 5.41) is 5.08. The summed E-state index contributed by atoms with van der Waals surface area (Å²) >= 11 is 0. The fourth-order valence-corrected chi connectivity index (χ4v) is 4.00. The molecule has 0 aromatic heterocycles. The van der Waals surface area contributed by atoms with Gasteiger partial charge < -0.3 is 8.98 Å². The molecule has 2 aliphatic heterocycles. The molecule has 0 radical (unpaired) electrons. The van der Waals surface area contributed by atoms with E-state index in [1.54, 1.807) is 0 Å². The molecule has 0 saturated heterocycles. The van der Waals surface area contributed by atoms with Crippen LogP contribution in [0.25, 0.3) is 49.4 Å². The van der Waals surface area contributed by atoms with Crippen molar-refractivity contribution in [1.29, 1.82) is 0 Å². The number of hydrogen-bond acceptors (Lipinski definition) is 1. The molecule has 112 valence electrons. The summed E-state index contributed by atoms with van der Waals surface area (Å²) in [6.45, 7) is 0. The van der Waals surface area contributed by atoms with Gasteiger partial charge in [0.1, 0.15) is 0 Å². The number of aromatic nitrogens is 1. The average Bonchev–Trinajstić information content (AvgIpc) is 2.64. The zero-order chi connectivity index (χ0) is 15.7. The van der Waals surface area contributed by atoms with Crippen LogP contribution in [0.5, 0.6) is 0 Å². The van der Waals surface area contributed by atoms with Crippen LogP contribution in [0.3, 0.4) is 0 Å². The summed E-state index contributed by atoms with van der Waals surface area (Å²) in [7, 11) is 0. The predicted octanol–water partition coefficient (Wildman–Crippen LogP) is 6.12. The van der Waals surface area contributed by atoms with Gasteiger partial charge >= 0.3 is 0 Å². The highest BCUT2D eigenvalue weighted by molar-refractivity contribution is 6.20. The maximum atomic E-state index is 6.19. The van der Waals surface area contributed by atoms with Gasteiger partial charge in [-0.05, 0) is 35.0 Å². The van der Waals surface area contributed by atoms with E-state index >= 15 is 0 Å². The van der Waals surface area contributed by atoms with Crippen LogP contribution in [0.15, 0.2) is 83.3 Å². The molecule has 0 unspecified atom stereocenters. The molecular formula is C22H13NO. The molecule has 4 aromatic rings. The van der Waals surface area contributed by atoms with Crippen LogP contribution >= 0.6 is 0 Å². The summed E-state index contributed by atoms with van der Waals surface area (Å²) in [6.07, 6.45) is 0. The lowest BCUT2D eigenvalue weighted by atomic mass is 9.98. The van der Waals surface area contributed by atoms with Crippen molar-refractivity contribution in [3.8, 4) is 5.69 Å². The van der Waals surface area contributed by atoms with Crippen molar-refractivity contribution in [2.75, 3.05) is 0 Å². The highest BCUT2D eigenvalue weighted by atomic mass is 16.3. The van der Waals surface area contributed by atoms with Crippen molar-refractivity contribution in [2.24, 2.45) is 0 Å². The molecule has 24 heavy (non-hydrogen) atoms. The van der Waals surface area contributed by atoms with E-state index in [9.17, 15) is 0 Å². The fourth-order valence-electron chi connectivity index (χ4n) is 4.00. The first kappa shape index (κ1) is 12.2. The third-order valence-corrected chi connectivity index (χ3v) is 4.96. The number of benzene rings is 4. The normalized spacial score (nSPS) is 12.2. The Kier molecular flexibility index (Phi) is 2.12. The van der Waals surface area contributed by atoms with E-state index in [1.165, 1.54) is 27.1 Å². The van der Waals surface area contributed by atoms with Crippen LogP contribution in [-0.4, -0.2) is 4.57 Å². The summed E-state index contributed by atoms with van der Waals surface area (Å²) in [6, 6.07) is 27.6.